The van der Waals surface area contributed by atoms with E-state index < -0.39 is 11.7 Å². The second-order valence-electron chi connectivity index (χ2n) is 8.82. The first kappa shape index (κ1) is 26.4. The Kier molecular flexibility index (Phi) is 8.16. The number of methoxy groups -OCH3 is 1. The van der Waals surface area contributed by atoms with Gasteiger partial charge in [0.05, 0.1) is 22.7 Å². The molecular formula is C24H28ClF3N6O2. The van der Waals surface area contributed by atoms with Crippen LogP contribution >= 0.6 is 11.6 Å². The maximum atomic E-state index is 13.0. The van der Waals surface area contributed by atoms with Crippen LogP contribution in [-0.2, 0) is 24.0 Å². The van der Waals surface area contributed by atoms with Gasteiger partial charge < -0.3 is 10.1 Å². The number of rotatable bonds is 10. The largest absolute Gasteiger partial charge is 0.417 e. The Bertz CT molecular complexity index is 1230. The highest BCUT2D eigenvalue weighted by atomic mass is 35.5. The van der Waals surface area contributed by atoms with Gasteiger partial charge in [-0.25, -0.2) is 10.4 Å². The topological polar surface area (TPSA) is 83.5 Å². The van der Waals surface area contributed by atoms with Gasteiger partial charge in [0.2, 0.25) is 0 Å². The number of benzene rings is 2. The molecule has 3 N–H and O–H groups in total. The summed E-state index contributed by atoms with van der Waals surface area (Å²) in [4.78, 5) is 12.4. The maximum Gasteiger partial charge on any atom is 0.417 e. The number of ether oxygens (including phenoxy) is 1. The lowest BCUT2D eigenvalue weighted by molar-refractivity contribution is -0.137. The van der Waals surface area contributed by atoms with E-state index in [2.05, 4.69) is 21.4 Å². The van der Waals surface area contributed by atoms with Crippen LogP contribution in [0.15, 0.2) is 36.5 Å². The van der Waals surface area contributed by atoms with Gasteiger partial charge in [0.15, 0.2) is 0 Å². The predicted octanol–water partition coefficient (Wildman–Crippen LogP) is 3.53. The van der Waals surface area contributed by atoms with E-state index in [1.807, 2.05) is 28.9 Å². The summed E-state index contributed by atoms with van der Waals surface area (Å²) in [5.41, 5.74) is 7.93. The lowest BCUT2D eigenvalue weighted by Crippen LogP contribution is -2.59. The molecule has 8 nitrogen and oxygen atoms in total. The van der Waals surface area contributed by atoms with Gasteiger partial charge >= 0.3 is 6.18 Å². The minimum atomic E-state index is -4.49. The van der Waals surface area contributed by atoms with Crippen LogP contribution in [0.25, 0.3) is 10.9 Å². The molecule has 1 saturated heterocycles. The normalized spacial score (nSPS) is 14.8. The van der Waals surface area contributed by atoms with Crippen molar-refractivity contribution in [2.45, 2.75) is 26.2 Å². The van der Waals surface area contributed by atoms with Crippen LogP contribution in [0.5, 0.6) is 0 Å². The minimum Gasteiger partial charge on any atom is -0.383 e. The number of carbonyl (C=O) groups is 1. The first-order chi connectivity index (χ1) is 17.2. The summed E-state index contributed by atoms with van der Waals surface area (Å²) < 4.78 is 45.9. The number of aryl methyl sites for hydroxylation is 1. The molecule has 1 aromatic heterocycles. The number of halogens is 4. The van der Waals surface area contributed by atoms with Gasteiger partial charge in [-0.2, -0.15) is 23.8 Å². The number of hydrogen-bond donors (Lipinski definition) is 3. The number of fused-ring (bicyclic) bond motifs is 1. The van der Waals surface area contributed by atoms with Crippen LogP contribution in [-0.4, -0.2) is 54.0 Å². The van der Waals surface area contributed by atoms with Gasteiger partial charge in [-0.15, -0.1) is 0 Å². The predicted molar refractivity (Wildman–Crippen MR) is 130 cm³/mol. The summed E-state index contributed by atoms with van der Waals surface area (Å²) in [6.07, 6.45) is -2.52. The molecule has 1 amide bonds. The van der Waals surface area contributed by atoms with Gasteiger partial charge in [0.25, 0.3) is 5.91 Å². The van der Waals surface area contributed by atoms with Gasteiger partial charge in [-0.1, -0.05) is 17.7 Å². The van der Waals surface area contributed by atoms with Crippen molar-refractivity contribution in [1.82, 2.24) is 31.1 Å². The van der Waals surface area contributed by atoms with E-state index in [1.165, 1.54) is 6.07 Å². The number of nitrogens with zero attached hydrogens (tertiary/aromatic N) is 3. The number of hydrogen-bond acceptors (Lipinski definition) is 6. The Morgan fingerprint density at radius 3 is 2.75 bits per heavy atom. The fourth-order valence-electron chi connectivity index (χ4n) is 4.18. The molecule has 1 aliphatic heterocycles. The van der Waals surface area contributed by atoms with Crippen molar-refractivity contribution >= 4 is 28.4 Å². The molecular weight excluding hydrogens is 497 g/mol. The molecule has 2 aromatic carbocycles. The first-order valence-corrected chi connectivity index (χ1v) is 11.9. The highest BCUT2D eigenvalue weighted by molar-refractivity contribution is 6.31. The Labute approximate surface area is 211 Å². The molecule has 4 rings (SSSR count). The summed E-state index contributed by atoms with van der Waals surface area (Å²) in [7, 11) is 1.59. The van der Waals surface area contributed by atoms with Crippen LogP contribution in [0.1, 0.15) is 27.0 Å². The molecule has 0 bridgehead atoms. The molecule has 0 spiro atoms. The third kappa shape index (κ3) is 6.16. The van der Waals surface area contributed by atoms with Crippen molar-refractivity contribution in [3.8, 4) is 0 Å². The lowest BCUT2D eigenvalue weighted by Gasteiger charge is -2.39. The van der Waals surface area contributed by atoms with E-state index in [1.54, 1.807) is 19.2 Å². The van der Waals surface area contributed by atoms with Crippen LogP contribution in [0.3, 0.4) is 0 Å². The SMILES string of the molecule is COCCNC(=O)c1ccc2nn(CC3CN(NNCc4ccc(Cl)c(C(F)(F)F)c4)C3)cc2c1C. The second-order valence-corrected chi connectivity index (χ2v) is 9.23. The molecule has 194 valence electrons. The number of amides is 1. The first-order valence-electron chi connectivity index (χ1n) is 11.5. The third-order valence-electron chi connectivity index (χ3n) is 6.11. The molecule has 12 heteroatoms. The summed E-state index contributed by atoms with van der Waals surface area (Å²) in [6, 6.07) is 7.51. The molecule has 1 aliphatic rings. The third-order valence-corrected chi connectivity index (χ3v) is 6.44. The number of carbonyl (C=O) groups excluding carboxylic acids is 1. The van der Waals surface area contributed by atoms with Gasteiger partial charge in [-0.3, -0.25) is 9.48 Å². The molecule has 0 aliphatic carbocycles. The monoisotopic (exact) mass is 524 g/mol. The quantitative estimate of drug-likeness (QED) is 0.278. The smallest absolute Gasteiger partial charge is 0.383 e. The zero-order valence-electron chi connectivity index (χ0n) is 20.0. The standard InChI is InChI=1S/C24H28ClF3N6O2/c1-15-18(23(35)29-7-8-36-2)4-6-22-19(15)14-33(31-22)11-17-12-34(13-17)32-30-10-16-3-5-21(25)20(9-16)24(26,27)28/h3-6,9,14,17,30,32H,7-8,10-13H2,1-2H3,(H,29,35). The van der Waals surface area contributed by atoms with Crippen molar-refractivity contribution in [2.24, 2.45) is 5.92 Å². The van der Waals surface area contributed by atoms with Crippen molar-refractivity contribution < 1.29 is 22.7 Å². The second kappa shape index (κ2) is 11.1. The van der Waals surface area contributed by atoms with Crippen LogP contribution < -0.4 is 16.3 Å². The van der Waals surface area contributed by atoms with E-state index in [4.69, 9.17) is 16.3 Å². The Balaban J connectivity index is 1.26. The van der Waals surface area contributed by atoms with Crippen molar-refractivity contribution in [1.29, 1.82) is 0 Å². The highest BCUT2D eigenvalue weighted by Crippen LogP contribution is 2.35. The van der Waals surface area contributed by atoms with Gasteiger partial charge in [-0.05, 0) is 42.3 Å². The van der Waals surface area contributed by atoms with Crippen molar-refractivity contribution in [3.05, 3.63) is 63.8 Å². The van der Waals surface area contributed by atoms with E-state index in [0.29, 0.717) is 36.7 Å². The number of hydrazine groups is 2. The Morgan fingerprint density at radius 2 is 2.03 bits per heavy atom. The fraction of sp³-hybridized carbons (Fsp3) is 0.417. The van der Waals surface area contributed by atoms with Crippen LogP contribution in [0.2, 0.25) is 5.02 Å². The zero-order chi connectivity index (χ0) is 25.9. The molecule has 0 atom stereocenters. The number of alkyl halides is 3. The minimum absolute atomic E-state index is 0.138. The molecule has 2 heterocycles. The van der Waals surface area contributed by atoms with Gasteiger partial charge in [0.1, 0.15) is 0 Å². The van der Waals surface area contributed by atoms with E-state index in [9.17, 15) is 18.0 Å². The van der Waals surface area contributed by atoms with Gasteiger partial charge in [0, 0.05) is 62.9 Å². The van der Waals surface area contributed by atoms with E-state index >= 15 is 0 Å². The summed E-state index contributed by atoms with van der Waals surface area (Å²) >= 11 is 5.67. The highest BCUT2D eigenvalue weighted by Gasteiger charge is 2.33. The average Bonchev–Trinajstić information content (AvgIpc) is 3.21. The zero-order valence-corrected chi connectivity index (χ0v) is 20.7. The van der Waals surface area contributed by atoms with Crippen LogP contribution in [0.4, 0.5) is 13.2 Å². The molecule has 0 radical (unpaired) electrons. The van der Waals surface area contributed by atoms with E-state index in [0.717, 1.165) is 35.6 Å². The molecule has 0 unspecified atom stereocenters. The molecule has 0 saturated carbocycles. The van der Waals surface area contributed by atoms with Crippen molar-refractivity contribution in [2.75, 3.05) is 33.4 Å². The maximum absolute atomic E-state index is 13.0. The fourth-order valence-corrected chi connectivity index (χ4v) is 4.40. The molecule has 3 aromatic rings. The Hall–Kier alpha value is -2.70. The Morgan fingerprint density at radius 1 is 1.25 bits per heavy atom. The van der Waals surface area contributed by atoms with E-state index in [-0.39, 0.29) is 17.5 Å². The lowest BCUT2D eigenvalue weighted by atomic mass is 10.0. The number of nitrogens with one attached hydrogen (secondary N) is 3. The van der Waals surface area contributed by atoms with Crippen LogP contribution in [0, 0.1) is 12.8 Å². The summed E-state index contributed by atoms with van der Waals surface area (Å²) in [5, 5.41) is 10.1. The summed E-state index contributed by atoms with van der Waals surface area (Å²) in [6.45, 7) is 5.25. The van der Waals surface area contributed by atoms with Crippen molar-refractivity contribution in [3.63, 3.8) is 0 Å². The number of aromatic nitrogens is 2. The summed E-state index contributed by atoms with van der Waals surface area (Å²) in [5.74, 6) is 0.221. The molecule has 36 heavy (non-hydrogen) atoms. The average molecular weight is 525 g/mol. The molecule has 1 fully saturated rings.